The SMILES string of the molecule is C[C@H]1CCCN(C(=O)Cn2nc(-c3nc(-c4ccc5c(c4)OCO5)no3)ccc2=O)C1. The molecule has 0 bridgehead atoms. The van der Waals surface area contributed by atoms with Crippen LogP contribution in [0.25, 0.3) is 23.0 Å². The Balaban J connectivity index is 1.37. The molecule has 2 aromatic heterocycles. The number of piperidine rings is 1. The molecule has 1 aromatic carbocycles. The highest BCUT2D eigenvalue weighted by Gasteiger charge is 2.22. The average Bonchev–Trinajstić information content (AvgIpc) is 3.44. The number of hydrogen-bond acceptors (Lipinski definition) is 8. The minimum Gasteiger partial charge on any atom is -0.454 e. The van der Waals surface area contributed by atoms with Gasteiger partial charge in [0.1, 0.15) is 12.2 Å². The van der Waals surface area contributed by atoms with Crippen molar-refractivity contribution in [2.24, 2.45) is 5.92 Å². The van der Waals surface area contributed by atoms with Crippen LogP contribution in [0.4, 0.5) is 0 Å². The van der Waals surface area contributed by atoms with E-state index in [1.54, 1.807) is 23.1 Å². The molecule has 1 amide bonds. The van der Waals surface area contributed by atoms with Gasteiger partial charge in [-0.25, -0.2) is 4.68 Å². The minimum absolute atomic E-state index is 0.120. The minimum atomic E-state index is -0.363. The fraction of sp³-hybridized carbons (Fsp3) is 0.381. The third-order valence-corrected chi connectivity index (χ3v) is 5.44. The number of rotatable bonds is 4. The van der Waals surface area contributed by atoms with Crippen LogP contribution in [-0.4, -0.2) is 50.6 Å². The highest BCUT2D eigenvalue weighted by molar-refractivity contribution is 5.76. The summed E-state index contributed by atoms with van der Waals surface area (Å²) in [7, 11) is 0. The molecule has 10 heteroatoms. The lowest BCUT2D eigenvalue weighted by Gasteiger charge is -2.30. The van der Waals surface area contributed by atoms with Gasteiger partial charge in [0.05, 0.1) is 0 Å². The summed E-state index contributed by atoms with van der Waals surface area (Å²) in [6, 6.07) is 8.19. The Morgan fingerprint density at radius 3 is 2.94 bits per heavy atom. The van der Waals surface area contributed by atoms with E-state index in [0.717, 1.165) is 17.5 Å². The molecule has 2 aliphatic rings. The smallest absolute Gasteiger partial charge is 0.278 e. The first kappa shape index (κ1) is 19.3. The average molecular weight is 423 g/mol. The first-order valence-corrected chi connectivity index (χ1v) is 10.2. The zero-order valence-corrected chi connectivity index (χ0v) is 17.0. The van der Waals surface area contributed by atoms with Crippen molar-refractivity contribution >= 4 is 5.91 Å². The molecular weight excluding hydrogens is 402 g/mol. The standard InChI is InChI=1S/C21H21N5O5/c1-13-3-2-8-25(10-13)19(28)11-26-18(27)7-5-15(23-26)21-22-20(24-31-21)14-4-6-16-17(9-14)30-12-29-16/h4-7,9,13H,2-3,8,10-12H2,1H3/t13-/m0/s1. The van der Waals surface area contributed by atoms with Gasteiger partial charge in [-0.05, 0) is 43.0 Å². The molecule has 0 radical (unpaired) electrons. The van der Waals surface area contributed by atoms with Gasteiger partial charge < -0.3 is 18.9 Å². The predicted molar refractivity (Wildman–Crippen MR) is 108 cm³/mol. The Kier molecular flexibility index (Phi) is 4.89. The Bertz CT molecular complexity index is 1190. The van der Waals surface area contributed by atoms with Crippen LogP contribution < -0.4 is 15.0 Å². The Morgan fingerprint density at radius 1 is 1.19 bits per heavy atom. The van der Waals surface area contributed by atoms with Crippen molar-refractivity contribution in [1.82, 2.24) is 24.8 Å². The number of likely N-dealkylation sites (tertiary alicyclic amines) is 1. The van der Waals surface area contributed by atoms with Gasteiger partial charge in [-0.15, -0.1) is 0 Å². The number of nitrogens with zero attached hydrogens (tertiary/aromatic N) is 5. The first-order chi connectivity index (χ1) is 15.1. The van der Waals surface area contributed by atoms with E-state index < -0.39 is 0 Å². The van der Waals surface area contributed by atoms with Gasteiger partial charge in [-0.2, -0.15) is 10.1 Å². The van der Waals surface area contributed by atoms with Crippen LogP contribution in [-0.2, 0) is 11.3 Å². The largest absolute Gasteiger partial charge is 0.454 e. The Hall–Kier alpha value is -3.69. The van der Waals surface area contributed by atoms with E-state index in [2.05, 4.69) is 22.2 Å². The maximum Gasteiger partial charge on any atom is 0.278 e. The van der Waals surface area contributed by atoms with E-state index in [1.165, 1.54) is 12.1 Å². The maximum absolute atomic E-state index is 12.6. The highest BCUT2D eigenvalue weighted by Crippen LogP contribution is 2.35. The summed E-state index contributed by atoms with van der Waals surface area (Å²) < 4.78 is 17.2. The first-order valence-electron chi connectivity index (χ1n) is 10.2. The fourth-order valence-electron chi connectivity index (χ4n) is 3.80. The fourth-order valence-corrected chi connectivity index (χ4v) is 3.80. The molecule has 0 unspecified atom stereocenters. The van der Waals surface area contributed by atoms with Gasteiger partial charge in [0.25, 0.3) is 11.4 Å². The van der Waals surface area contributed by atoms with Crippen molar-refractivity contribution in [3.63, 3.8) is 0 Å². The molecule has 2 aliphatic heterocycles. The zero-order valence-electron chi connectivity index (χ0n) is 17.0. The molecule has 0 saturated carbocycles. The maximum atomic E-state index is 12.6. The van der Waals surface area contributed by atoms with E-state index in [9.17, 15) is 9.59 Å². The van der Waals surface area contributed by atoms with E-state index >= 15 is 0 Å². The van der Waals surface area contributed by atoms with Gasteiger partial charge >= 0.3 is 0 Å². The zero-order chi connectivity index (χ0) is 21.4. The lowest BCUT2D eigenvalue weighted by molar-refractivity contribution is -0.133. The van der Waals surface area contributed by atoms with Gasteiger partial charge in [0.15, 0.2) is 11.5 Å². The van der Waals surface area contributed by atoms with E-state index in [1.807, 2.05) is 0 Å². The number of ether oxygens (including phenoxy) is 2. The lowest BCUT2D eigenvalue weighted by Crippen LogP contribution is -2.42. The molecule has 160 valence electrons. The summed E-state index contributed by atoms with van der Waals surface area (Å²) in [5, 5.41) is 8.28. The number of aromatic nitrogens is 4. The number of carbonyl (C=O) groups is 1. The van der Waals surface area contributed by atoms with Crippen LogP contribution in [0.1, 0.15) is 19.8 Å². The molecule has 0 aliphatic carbocycles. The Morgan fingerprint density at radius 2 is 2.06 bits per heavy atom. The molecule has 31 heavy (non-hydrogen) atoms. The molecule has 1 saturated heterocycles. The molecule has 10 nitrogen and oxygen atoms in total. The normalized spacial score (nSPS) is 17.7. The summed E-state index contributed by atoms with van der Waals surface area (Å²) in [6.45, 7) is 3.59. The van der Waals surface area contributed by atoms with E-state index in [4.69, 9.17) is 14.0 Å². The van der Waals surface area contributed by atoms with Gasteiger partial charge in [0.2, 0.25) is 18.5 Å². The highest BCUT2D eigenvalue weighted by atomic mass is 16.7. The topological polar surface area (TPSA) is 113 Å². The molecule has 3 aromatic rings. The molecule has 0 spiro atoms. The lowest BCUT2D eigenvalue weighted by atomic mass is 10.0. The summed E-state index contributed by atoms with van der Waals surface area (Å²) in [4.78, 5) is 31.1. The number of carbonyl (C=O) groups excluding carboxylic acids is 1. The van der Waals surface area contributed by atoms with Crippen molar-refractivity contribution in [1.29, 1.82) is 0 Å². The Labute approximate surface area is 177 Å². The van der Waals surface area contributed by atoms with Crippen LogP contribution in [0.5, 0.6) is 11.5 Å². The second-order valence-electron chi connectivity index (χ2n) is 7.79. The van der Waals surface area contributed by atoms with Crippen molar-refractivity contribution in [3.05, 3.63) is 40.7 Å². The van der Waals surface area contributed by atoms with Crippen molar-refractivity contribution < 1.29 is 18.8 Å². The molecule has 5 rings (SSSR count). The summed E-state index contributed by atoms with van der Waals surface area (Å²) in [5.74, 6) is 2.12. The van der Waals surface area contributed by atoms with Gasteiger partial charge in [-0.1, -0.05) is 12.1 Å². The monoisotopic (exact) mass is 423 g/mol. The molecule has 1 fully saturated rings. The van der Waals surface area contributed by atoms with Gasteiger partial charge in [0, 0.05) is 24.7 Å². The van der Waals surface area contributed by atoms with Crippen LogP contribution >= 0.6 is 0 Å². The summed E-state index contributed by atoms with van der Waals surface area (Å²) in [6.07, 6.45) is 2.08. The summed E-state index contributed by atoms with van der Waals surface area (Å²) >= 11 is 0. The van der Waals surface area contributed by atoms with Gasteiger partial charge in [-0.3, -0.25) is 9.59 Å². The van der Waals surface area contributed by atoms with Crippen LogP contribution in [0.2, 0.25) is 0 Å². The van der Waals surface area contributed by atoms with Crippen molar-refractivity contribution in [2.75, 3.05) is 19.9 Å². The predicted octanol–water partition coefficient (Wildman–Crippen LogP) is 1.95. The molecular formula is C21H21N5O5. The second-order valence-corrected chi connectivity index (χ2v) is 7.79. The number of hydrogen-bond donors (Lipinski definition) is 0. The number of amides is 1. The third kappa shape index (κ3) is 3.88. The van der Waals surface area contributed by atoms with E-state index in [-0.39, 0.29) is 30.7 Å². The van der Waals surface area contributed by atoms with Crippen molar-refractivity contribution in [2.45, 2.75) is 26.3 Å². The quantitative estimate of drug-likeness (QED) is 0.626. The molecule has 1 atom stereocenters. The summed E-state index contributed by atoms with van der Waals surface area (Å²) in [5.41, 5.74) is 0.651. The number of benzene rings is 1. The van der Waals surface area contributed by atoms with Crippen LogP contribution in [0.3, 0.4) is 0 Å². The van der Waals surface area contributed by atoms with Crippen LogP contribution in [0.15, 0.2) is 39.6 Å². The number of fused-ring (bicyclic) bond motifs is 1. The van der Waals surface area contributed by atoms with Crippen LogP contribution in [0, 0.1) is 5.92 Å². The molecule has 0 N–H and O–H groups in total. The molecule has 4 heterocycles. The third-order valence-electron chi connectivity index (χ3n) is 5.44. The van der Waals surface area contributed by atoms with E-state index in [0.29, 0.717) is 47.6 Å². The second kappa shape index (κ2) is 7.86. The van der Waals surface area contributed by atoms with Crippen molar-refractivity contribution in [3.8, 4) is 34.5 Å².